The third-order valence-electron chi connectivity index (χ3n) is 5.06. The molecule has 0 saturated carbocycles. The zero-order valence-corrected chi connectivity index (χ0v) is 16.8. The second-order valence-corrected chi connectivity index (χ2v) is 8.31. The zero-order chi connectivity index (χ0) is 19.4. The van der Waals surface area contributed by atoms with Gasteiger partial charge in [-0.3, -0.25) is 9.69 Å². The molecule has 1 aliphatic rings. The number of hydrogen-bond donors (Lipinski definition) is 1. The van der Waals surface area contributed by atoms with Gasteiger partial charge < -0.3 is 9.84 Å². The molecule has 1 atom stereocenters. The molecule has 3 rings (SSSR count). The minimum absolute atomic E-state index is 0.0473. The van der Waals surface area contributed by atoms with E-state index >= 15 is 0 Å². The van der Waals surface area contributed by atoms with E-state index < -0.39 is 0 Å². The molecule has 146 valence electrons. The first-order chi connectivity index (χ1) is 12.9. The molecule has 2 heterocycles. The van der Waals surface area contributed by atoms with Crippen LogP contribution in [0, 0.1) is 5.92 Å². The maximum absolute atomic E-state index is 12.1. The van der Waals surface area contributed by atoms with Crippen molar-refractivity contribution in [3.63, 3.8) is 0 Å². The summed E-state index contributed by atoms with van der Waals surface area (Å²) in [7, 11) is 0. The maximum atomic E-state index is 12.1. The standard InChI is InChI=1S/C21H30N4O2/c1-5-22-20(26)16-7-6-12-25(13-16)14-18-23-19(24-27-18)15-8-10-17(11-9-15)21(2,3)4/h8-11,16H,5-7,12-14H2,1-4H3,(H,22,26). The summed E-state index contributed by atoms with van der Waals surface area (Å²) in [4.78, 5) is 18.9. The van der Waals surface area contributed by atoms with Crippen LogP contribution >= 0.6 is 0 Å². The first-order valence-electron chi connectivity index (χ1n) is 9.80. The molecular formula is C21H30N4O2. The molecule has 6 heteroatoms. The molecule has 0 radical (unpaired) electrons. The molecule has 1 unspecified atom stereocenters. The van der Waals surface area contributed by atoms with E-state index in [4.69, 9.17) is 4.52 Å². The van der Waals surface area contributed by atoms with Gasteiger partial charge in [-0.15, -0.1) is 0 Å². The zero-order valence-electron chi connectivity index (χ0n) is 16.8. The number of nitrogens with one attached hydrogen (secondary N) is 1. The van der Waals surface area contributed by atoms with Gasteiger partial charge in [-0.05, 0) is 37.3 Å². The third kappa shape index (κ3) is 4.95. The van der Waals surface area contributed by atoms with E-state index in [-0.39, 0.29) is 17.2 Å². The summed E-state index contributed by atoms with van der Waals surface area (Å²) >= 11 is 0. The van der Waals surface area contributed by atoms with E-state index in [0.29, 0.717) is 24.8 Å². The Bertz CT molecular complexity index is 761. The highest BCUT2D eigenvalue weighted by Gasteiger charge is 2.26. The van der Waals surface area contributed by atoms with E-state index in [1.54, 1.807) is 0 Å². The number of amides is 1. The van der Waals surface area contributed by atoms with E-state index in [1.165, 1.54) is 5.56 Å². The third-order valence-corrected chi connectivity index (χ3v) is 5.06. The number of likely N-dealkylation sites (tertiary alicyclic amines) is 1. The molecule has 2 aromatic rings. The van der Waals surface area contributed by atoms with Crippen molar-refractivity contribution in [2.24, 2.45) is 5.92 Å². The van der Waals surface area contributed by atoms with Gasteiger partial charge >= 0.3 is 0 Å². The van der Waals surface area contributed by atoms with Crippen LogP contribution in [0.3, 0.4) is 0 Å². The largest absolute Gasteiger partial charge is 0.356 e. The smallest absolute Gasteiger partial charge is 0.241 e. The van der Waals surface area contributed by atoms with Gasteiger partial charge in [0.05, 0.1) is 12.5 Å². The average molecular weight is 370 g/mol. The summed E-state index contributed by atoms with van der Waals surface area (Å²) in [6, 6.07) is 8.32. The van der Waals surface area contributed by atoms with Crippen molar-refractivity contribution in [1.82, 2.24) is 20.4 Å². The summed E-state index contributed by atoms with van der Waals surface area (Å²) in [5.74, 6) is 1.41. The van der Waals surface area contributed by atoms with Crippen molar-refractivity contribution >= 4 is 5.91 Å². The van der Waals surface area contributed by atoms with Crippen LogP contribution in [-0.2, 0) is 16.8 Å². The van der Waals surface area contributed by atoms with Crippen LogP contribution in [0.4, 0.5) is 0 Å². The lowest BCUT2D eigenvalue weighted by Gasteiger charge is -2.30. The molecule has 1 N–H and O–H groups in total. The predicted octanol–water partition coefficient (Wildman–Crippen LogP) is 3.38. The second kappa shape index (κ2) is 8.21. The number of nitrogens with zero attached hydrogens (tertiary/aromatic N) is 3. The molecule has 6 nitrogen and oxygen atoms in total. The summed E-state index contributed by atoms with van der Waals surface area (Å²) in [6.07, 6.45) is 1.95. The number of aromatic nitrogens is 2. The normalized spacial score (nSPS) is 18.4. The lowest BCUT2D eigenvalue weighted by molar-refractivity contribution is -0.126. The first-order valence-corrected chi connectivity index (χ1v) is 9.80. The van der Waals surface area contributed by atoms with Crippen LogP contribution in [0.2, 0.25) is 0 Å². The fourth-order valence-electron chi connectivity index (χ4n) is 3.48. The van der Waals surface area contributed by atoms with Crippen LogP contribution < -0.4 is 5.32 Å². The second-order valence-electron chi connectivity index (χ2n) is 8.31. The average Bonchev–Trinajstić information content (AvgIpc) is 3.10. The van der Waals surface area contributed by atoms with Gasteiger partial charge in [0, 0.05) is 18.7 Å². The van der Waals surface area contributed by atoms with Gasteiger partial charge in [0.2, 0.25) is 17.6 Å². The monoisotopic (exact) mass is 370 g/mol. The van der Waals surface area contributed by atoms with Crippen molar-refractivity contribution in [2.75, 3.05) is 19.6 Å². The SMILES string of the molecule is CCNC(=O)C1CCCN(Cc2nc(-c3ccc(C(C)(C)C)cc3)no2)C1. The quantitative estimate of drug-likeness (QED) is 0.874. The Hall–Kier alpha value is -2.21. The Morgan fingerprint density at radius 1 is 1.30 bits per heavy atom. The number of benzene rings is 1. The highest BCUT2D eigenvalue weighted by Crippen LogP contribution is 2.25. The molecule has 0 bridgehead atoms. The van der Waals surface area contributed by atoms with Crippen LogP contribution in [0.5, 0.6) is 0 Å². The van der Waals surface area contributed by atoms with Crippen molar-refractivity contribution in [2.45, 2.75) is 52.5 Å². The van der Waals surface area contributed by atoms with E-state index in [2.05, 4.69) is 53.3 Å². The van der Waals surface area contributed by atoms with Gasteiger partial charge in [-0.25, -0.2) is 0 Å². The Labute approximate surface area is 161 Å². The number of carbonyl (C=O) groups excluding carboxylic acids is 1. The van der Waals surface area contributed by atoms with Crippen LogP contribution in [0.25, 0.3) is 11.4 Å². The number of carbonyl (C=O) groups is 1. The molecule has 1 saturated heterocycles. The lowest BCUT2D eigenvalue weighted by atomic mass is 9.87. The Morgan fingerprint density at radius 3 is 2.70 bits per heavy atom. The highest BCUT2D eigenvalue weighted by molar-refractivity contribution is 5.78. The van der Waals surface area contributed by atoms with E-state index in [9.17, 15) is 4.79 Å². The molecule has 1 aromatic carbocycles. The van der Waals surface area contributed by atoms with E-state index in [1.807, 2.05) is 19.1 Å². The van der Waals surface area contributed by atoms with Gasteiger partial charge in [0.15, 0.2) is 0 Å². The number of rotatable bonds is 5. The maximum Gasteiger partial charge on any atom is 0.241 e. The van der Waals surface area contributed by atoms with Crippen molar-refractivity contribution in [3.05, 3.63) is 35.7 Å². The minimum atomic E-state index is 0.0473. The van der Waals surface area contributed by atoms with Crippen molar-refractivity contribution < 1.29 is 9.32 Å². The Kier molecular flexibility index (Phi) is 5.95. The number of hydrogen-bond acceptors (Lipinski definition) is 5. The molecule has 27 heavy (non-hydrogen) atoms. The van der Waals surface area contributed by atoms with E-state index in [0.717, 1.165) is 31.5 Å². The summed E-state index contributed by atoms with van der Waals surface area (Å²) in [6.45, 7) is 11.5. The lowest BCUT2D eigenvalue weighted by Crippen LogP contribution is -2.42. The first kappa shape index (κ1) is 19.5. The van der Waals surface area contributed by atoms with Crippen LogP contribution in [-0.4, -0.2) is 40.6 Å². The van der Waals surface area contributed by atoms with Gasteiger partial charge in [0.25, 0.3) is 0 Å². The molecule has 1 aliphatic heterocycles. The van der Waals surface area contributed by atoms with Crippen molar-refractivity contribution in [1.29, 1.82) is 0 Å². The highest BCUT2D eigenvalue weighted by atomic mass is 16.5. The number of piperidine rings is 1. The van der Waals surface area contributed by atoms with Crippen molar-refractivity contribution in [3.8, 4) is 11.4 Å². The summed E-state index contributed by atoms with van der Waals surface area (Å²) in [5.41, 5.74) is 2.35. The summed E-state index contributed by atoms with van der Waals surface area (Å²) in [5, 5.41) is 7.06. The molecule has 0 spiro atoms. The van der Waals surface area contributed by atoms with Crippen LogP contribution in [0.15, 0.2) is 28.8 Å². The van der Waals surface area contributed by atoms with Gasteiger partial charge in [-0.2, -0.15) is 4.98 Å². The molecule has 1 aromatic heterocycles. The molecule has 0 aliphatic carbocycles. The Morgan fingerprint density at radius 2 is 2.04 bits per heavy atom. The molecule has 1 amide bonds. The Balaban J connectivity index is 1.63. The van der Waals surface area contributed by atoms with Gasteiger partial charge in [-0.1, -0.05) is 50.2 Å². The predicted molar refractivity (Wildman–Crippen MR) is 105 cm³/mol. The van der Waals surface area contributed by atoms with Gasteiger partial charge in [0.1, 0.15) is 0 Å². The molecular weight excluding hydrogens is 340 g/mol. The fraction of sp³-hybridized carbons (Fsp3) is 0.571. The minimum Gasteiger partial charge on any atom is -0.356 e. The molecule has 1 fully saturated rings. The van der Waals surface area contributed by atoms with Crippen LogP contribution in [0.1, 0.15) is 52.0 Å². The summed E-state index contributed by atoms with van der Waals surface area (Å²) < 4.78 is 5.46. The fourth-order valence-corrected chi connectivity index (χ4v) is 3.48. The topological polar surface area (TPSA) is 71.3 Å².